The summed E-state index contributed by atoms with van der Waals surface area (Å²) >= 11 is 0. The Balaban J connectivity index is 1.78. The summed E-state index contributed by atoms with van der Waals surface area (Å²) in [6, 6.07) is 9.97. The highest BCUT2D eigenvalue weighted by Gasteiger charge is 2.13. The Kier molecular flexibility index (Phi) is 8.05. The number of para-hydroxylation sites is 1. The second-order valence-corrected chi connectivity index (χ2v) is 5.68. The maximum absolute atomic E-state index is 12.2. The molecule has 0 fully saturated rings. The van der Waals surface area contributed by atoms with Crippen LogP contribution in [0.3, 0.4) is 0 Å². The predicted molar refractivity (Wildman–Crippen MR) is 99.6 cm³/mol. The smallest absolute Gasteiger partial charge is 0.286 e. The number of nitrogens with one attached hydrogen (secondary N) is 3. The molecule has 0 saturated carbocycles. The molecule has 3 N–H and O–H groups in total. The van der Waals surface area contributed by atoms with Crippen LogP contribution in [0.25, 0.3) is 0 Å². The largest absolute Gasteiger partial charge is 0.459 e. The lowest BCUT2D eigenvalue weighted by Gasteiger charge is -2.11. The second-order valence-electron chi connectivity index (χ2n) is 5.68. The summed E-state index contributed by atoms with van der Waals surface area (Å²) in [6.45, 7) is 1.13. The molecule has 0 aliphatic rings. The number of benzene rings is 1. The fourth-order valence-corrected chi connectivity index (χ4v) is 2.31. The van der Waals surface area contributed by atoms with Crippen molar-refractivity contribution < 1.29 is 23.5 Å². The molecule has 27 heavy (non-hydrogen) atoms. The summed E-state index contributed by atoms with van der Waals surface area (Å²) < 4.78 is 9.88. The van der Waals surface area contributed by atoms with Gasteiger partial charge in [-0.1, -0.05) is 12.1 Å². The fourth-order valence-electron chi connectivity index (χ4n) is 2.31. The van der Waals surface area contributed by atoms with Crippen molar-refractivity contribution in [3.8, 4) is 0 Å². The van der Waals surface area contributed by atoms with Crippen LogP contribution in [-0.2, 0) is 9.53 Å². The summed E-state index contributed by atoms with van der Waals surface area (Å²) in [7, 11) is 1.55. The first kappa shape index (κ1) is 20.2. The Morgan fingerprint density at radius 2 is 1.78 bits per heavy atom. The summed E-state index contributed by atoms with van der Waals surface area (Å²) in [5, 5.41) is 8.13. The van der Waals surface area contributed by atoms with Crippen LogP contribution in [0.2, 0.25) is 0 Å². The van der Waals surface area contributed by atoms with E-state index in [0.717, 1.165) is 0 Å². The van der Waals surface area contributed by atoms with Gasteiger partial charge >= 0.3 is 0 Å². The molecule has 1 aromatic heterocycles. The zero-order valence-corrected chi connectivity index (χ0v) is 15.1. The highest BCUT2D eigenvalue weighted by atomic mass is 16.5. The number of carbonyl (C=O) groups is 3. The predicted octanol–water partition coefficient (Wildman–Crippen LogP) is 1.80. The van der Waals surface area contributed by atoms with Gasteiger partial charge in [-0.3, -0.25) is 14.4 Å². The number of ether oxygens (including phenoxy) is 1. The summed E-state index contributed by atoms with van der Waals surface area (Å²) in [4.78, 5) is 36.0. The van der Waals surface area contributed by atoms with Crippen LogP contribution in [0.1, 0.15) is 33.8 Å². The third kappa shape index (κ3) is 6.59. The van der Waals surface area contributed by atoms with E-state index in [0.29, 0.717) is 37.4 Å². The number of rotatable bonds is 10. The third-order valence-electron chi connectivity index (χ3n) is 3.65. The quantitative estimate of drug-likeness (QED) is 0.550. The Bertz CT molecular complexity index is 758. The average Bonchev–Trinajstić information content (AvgIpc) is 3.20. The number of amides is 3. The first-order valence-corrected chi connectivity index (χ1v) is 8.59. The maximum atomic E-state index is 12.2. The molecule has 0 bridgehead atoms. The molecule has 1 aromatic carbocycles. The van der Waals surface area contributed by atoms with Gasteiger partial charge in [0.25, 0.3) is 11.8 Å². The minimum absolute atomic E-state index is 0.206. The molecule has 8 heteroatoms. The van der Waals surface area contributed by atoms with Crippen LogP contribution in [0.4, 0.5) is 5.69 Å². The molecule has 0 saturated heterocycles. The lowest BCUT2D eigenvalue weighted by atomic mass is 10.1. The van der Waals surface area contributed by atoms with Gasteiger partial charge in [0.15, 0.2) is 5.76 Å². The molecule has 0 radical (unpaired) electrons. The molecule has 0 spiro atoms. The van der Waals surface area contributed by atoms with Gasteiger partial charge in [-0.2, -0.15) is 0 Å². The Morgan fingerprint density at radius 3 is 2.52 bits per heavy atom. The van der Waals surface area contributed by atoms with Gasteiger partial charge < -0.3 is 25.1 Å². The van der Waals surface area contributed by atoms with Crippen molar-refractivity contribution in [3.63, 3.8) is 0 Å². The van der Waals surface area contributed by atoms with Gasteiger partial charge in [0.05, 0.1) is 24.1 Å². The van der Waals surface area contributed by atoms with Gasteiger partial charge in [0.1, 0.15) is 0 Å². The molecule has 1 heterocycles. The van der Waals surface area contributed by atoms with E-state index in [9.17, 15) is 14.4 Å². The van der Waals surface area contributed by atoms with E-state index in [4.69, 9.17) is 9.15 Å². The summed E-state index contributed by atoms with van der Waals surface area (Å²) in [6.07, 6.45) is 2.09. The first-order valence-electron chi connectivity index (χ1n) is 8.59. The van der Waals surface area contributed by atoms with Crippen LogP contribution in [-0.4, -0.2) is 44.5 Å². The maximum Gasteiger partial charge on any atom is 0.286 e. The topological polar surface area (TPSA) is 110 Å². The zero-order chi connectivity index (χ0) is 19.5. The van der Waals surface area contributed by atoms with Gasteiger partial charge in [0, 0.05) is 26.6 Å². The van der Waals surface area contributed by atoms with Crippen molar-refractivity contribution in [2.75, 3.05) is 32.1 Å². The van der Waals surface area contributed by atoms with E-state index >= 15 is 0 Å². The summed E-state index contributed by atoms with van der Waals surface area (Å²) in [5.74, 6) is -0.612. The molecule has 0 atom stereocenters. The zero-order valence-electron chi connectivity index (χ0n) is 15.1. The normalized spacial score (nSPS) is 10.3. The van der Waals surface area contributed by atoms with Crippen LogP contribution >= 0.6 is 0 Å². The van der Waals surface area contributed by atoms with Crippen molar-refractivity contribution in [1.82, 2.24) is 10.6 Å². The van der Waals surface area contributed by atoms with E-state index in [1.165, 1.54) is 6.26 Å². The molecule has 3 amide bonds. The molecule has 0 aliphatic heterocycles. The van der Waals surface area contributed by atoms with Crippen LogP contribution in [0, 0.1) is 0 Å². The standard InChI is InChI=1S/C19H23N3O5/c1-26-13-11-21-18(24)14-6-2-3-7-15(14)22-17(23)9-4-10-20-19(25)16-8-5-12-27-16/h2-3,5-8,12H,4,9-11,13H2,1H3,(H,20,25)(H,21,24)(H,22,23). The number of carbonyl (C=O) groups excluding carboxylic acids is 3. The number of methoxy groups -OCH3 is 1. The second kappa shape index (κ2) is 10.8. The number of anilines is 1. The van der Waals surface area contributed by atoms with Gasteiger partial charge in [-0.05, 0) is 30.7 Å². The molecular weight excluding hydrogens is 350 g/mol. The summed E-state index contributed by atoms with van der Waals surface area (Å²) in [5.41, 5.74) is 0.824. The van der Waals surface area contributed by atoms with Crippen LogP contribution in [0.15, 0.2) is 47.1 Å². The van der Waals surface area contributed by atoms with Crippen LogP contribution in [0.5, 0.6) is 0 Å². The third-order valence-corrected chi connectivity index (χ3v) is 3.65. The van der Waals surface area contributed by atoms with Gasteiger partial charge in [-0.15, -0.1) is 0 Å². The average molecular weight is 373 g/mol. The monoisotopic (exact) mass is 373 g/mol. The van der Waals surface area contributed by atoms with E-state index in [1.54, 1.807) is 43.5 Å². The van der Waals surface area contributed by atoms with Crippen molar-refractivity contribution >= 4 is 23.4 Å². The van der Waals surface area contributed by atoms with Gasteiger partial charge in [0.2, 0.25) is 5.91 Å². The molecule has 8 nitrogen and oxygen atoms in total. The lowest BCUT2D eigenvalue weighted by molar-refractivity contribution is -0.116. The fraction of sp³-hybridized carbons (Fsp3) is 0.316. The van der Waals surface area contributed by atoms with E-state index in [2.05, 4.69) is 16.0 Å². The number of hydrogen-bond acceptors (Lipinski definition) is 5. The highest BCUT2D eigenvalue weighted by Crippen LogP contribution is 2.15. The Hall–Kier alpha value is -3.13. The molecule has 0 unspecified atom stereocenters. The first-order chi connectivity index (χ1) is 13.1. The minimum atomic E-state index is -0.321. The van der Waals surface area contributed by atoms with Crippen molar-refractivity contribution in [1.29, 1.82) is 0 Å². The molecular formula is C19H23N3O5. The highest BCUT2D eigenvalue weighted by molar-refractivity contribution is 6.03. The number of furan rings is 1. The lowest BCUT2D eigenvalue weighted by Crippen LogP contribution is -2.28. The Morgan fingerprint density at radius 1 is 1.00 bits per heavy atom. The number of hydrogen-bond donors (Lipinski definition) is 3. The van der Waals surface area contributed by atoms with E-state index < -0.39 is 0 Å². The molecule has 2 aromatic rings. The Labute approximate surface area is 157 Å². The van der Waals surface area contributed by atoms with E-state index in [1.807, 2.05) is 0 Å². The van der Waals surface area contributed by atoms with Crippen LogP contribution < -0.4 is 16.0 Å². The van der Waals surface area contributed by atoms with E-state index in [-0.39, 0.29) is 29.9 Å². The molecule has 144 valence electrons. The van der Waals surface area contributed by atoms with Gasteiger partial charge in [-0.25, -0.2) is 0 Å². The molecule has 2 rings (SSSR count). The van der Waals surface area contributed by atoms with Crippen molar-refractivity contribution in [3.05, 3.63) is 54.0 Å². The minimum Gasteiger partial charge on any atom is -0.459 e. The molecule has 0 aliphatic carbocycles. The van der Waals surface area contributed by atoms with Crippen molar-refractivity contribution in [2.24, 2.45) is 0 Å². The van der Waals surface area contributed by atoms with Crippen molar-refractivity contribution in [2.45, 2.75) is 12.8 Å². The SMILES string of the molecule is COCCNC(=O)c1ccccc1NC(=O)CCCNC(=O)c1ccco1.